The van der Waals surface area contributed by atoms with E-state index in [0.29, 0.717) is 5.92 Å². The molecule has 4 aromatic carbocycles. The molecule has 0 unspecified atom stereocenters. The third-order valence-electron chi connectivity index (χ3n) is 8.52. The van der Waals surface area contributed by atoms with Crippen LogP contribution in [0.25, 0.3) is 43.6 Å². The van der Waals surface area contributed by atoms with Crippen LogP contribution in [-0.4, -0.2) is 0 Å². The van der Waals surface area contributed by atoms with Crippen LogP contribution in [-0.2, 0) is 26.3 Å². The van der Waals surface area contributed by atoms with Crippen molar-refractivity contribution in [3.05, 3.63) is 77.0 Å². The van der Waals surface area contributed by atoms with Gasteiger partial charge in [0.1, 0.15) is 18.5 Å². The lowest BCUT2D eigenvalue weighted by molar-refractivity contribution is -0.659. The first kappa shape index (κ1) is 27.8. The van der Waals surface area contributed by atoms with Crippen LogP contribution >= 0.6 is 0 Å². The van der Waals surface area contributed by atoms with Crippen LogP contribution in [0.15, 0.2) is 54.7 Å². The Kier molecular flexibility index (Phi) is 6.49. The molecule has 2 heterocycles. The summed E-state index contributed by atoms with van der Waals surface area (Å²) in [5.41, 5.74) is 8.32. The molecule has 0 aliphatic carbocycles. The smallest absolute Gasteiger partial charge is 0.228 e. The molecule has 0 atom stereocenters. The second-order valence-electron chi connectivity index (χ2n) is 15.3. The Hall–Kier alpha value is -3.39. The van der Waals surface area contributed by atoms with E-state index in [2.05, 4.69) is 129 Å². The summed E-state index contributed by atoms with van der Waals surface area (Å²) in [7, 11) is 2.20. The molecule has 212 valence electrons. The van der Waals surface area contributed by atoms with Crippen molar-refractivity contribution in [2.24, 2.45) is 23.8 Å². The first-order valence-corrected chi connectivity index (χ1v) is 15.3. The van der Waals surface area contributed by atoms with E-state index >= 15 is 0 Å². The van der Waals surface area contributed by atoms with Gasteiger partial charge in [-0.2, -0.15) is 0 Å². The molecule has 41 heavy (non-hydrogen) atoms. The predicted molar refractivity (Wildman–Crippen MR) is 175 cm³/mol. The van der Waals surface area contributed by atoms with Crippen LogP contribution in [0.4, 0.5) is 0 Å². The average molecular weight is 545 g/mol. The molecular formula is C39H46NO+. The summed E-state index contributed by atoms with van der Waals surface area (Å²) in [5, 5.41) is 7.84. The maximum Gasteiger partial charge on any atom is 0.228 e. The van der Waals surface area contributed by atoms with Crippen molar-refractivity contribution in [1.82, 2.24) is 0 Å². The van der Waals surface area contributed by atoms with E-state index in [1.54, 1.807) is 0 Å². The lowest BCUT2D eigenvalue weighted by Gasteiger charge is -2.29. The third-order valence-corrected chi connectivity index (χ3v) is 8.52. The summed E-state index contributed by atoms with van der Waals surface area (Å²) >= 11 is 0. The largest absolute Gasteiger partial charge is 0.455 e. The number of fused-ring (bicyclic) bond motifs is 5. The van der Waals surface area contributed by atoms with Crippen LogP contribution in [0.3, 0.4) is 0 Å². The minimum atomic E-state index is 0.121. The SMILES string of the molecule is Cc1c2c(c(CC(C)(C)C)c3ccc(CC(C)C)cc13)Oc1cc3cccc(CC(C)(C)C)c3c3cc[n+](C)c-2c13. The Morgan fingerprint density at radius 2 is 1.54 bits per heavy atom. The summed E-state index contributed by atoms with van der Waals surface area (Å²) in [6, 6.07) is 18.5. The second-order valence-corrected chi connectivity index (χ2v) is 15.3. The van der Waals surface area contributed by atoms with Crippen molar-refractivity contribution < 1.29 is 9.30 Å². The number of rotatable bonds is 4. The number of ether oxygens (including phenoxy) is 1. The van der Waals surface area contributed by atoms with Gasteiger partial charge in [-0.3, -0.25) is 0 Å². The van der Waals surface area contributed by atoms with Crippen LogP contribution in [0.2, 0.25) is 0 Å². The molecule has 0 N–H and O–H groups in total. The van der Waals surface area contributed by atoms with Crippen molar-refractivity contribution in [1.29, 1.82) is 0 Å². The number of hydrogen-bond donors (Lipinski definition) is 0. The van der Waals surface area contributed by atoms with Gasteiger partial charge in [-0.15, -0.1) is 0 Å². The molecular weight excluding hydrogens is 498 g/mol. The first-order valence-electron chi connectivity index (χ1n) is 15.3. The van der Waals surface area contributed by atoms with E-state index < -0.39 is 0 Å². The van der Waals surface area contributed by atoms with Gasteiger partial charge in [-0.05, 0) is 87.2 Å². The Morgan fingerprint density at radius 1 is 0.805 bits per heavy atom. The Bertz CT molecular complexity index is 1840. The number of aromatic nitrogens is 1. The van der Waals surface area contributed by atoms with Crippen LogP contribution < -0.4 is 9.30 Å². The maximum atomic E-state index is 7.10. The molecule has 0 radical (unpaired) electrons. The van der Waals surface area contributed by atoms with E-state index in [1.807, 2.05) is 0 Å². The van der Waals surface area contributed by atoms with Gasteiger partial charge >= 0.3 is 0 Å². The van der Waals surface area contributed by atoms with Gasteiger partial charge in [0, 0.05) is 17.0 Å². The number of pyridine rings is 1. The van der Waals surface area contributed by atoms with E-state index in [1.165, 1.54) is 65.8 Å². The molecule has 0 saturated carbocycles. The Morgan fingerprint density at radius 3 is 2.22 bits per heavy atom. The van der Waals surface area contributed by atoms with Crippen molar-refractivity contribution in [2.45, 2.75) is 81.6 Å². The van der Waals surface area contributed by atoms with Crippen LogP contribution in [0, 0.1) is 23.7 Å². The lowest BCUT2D eigenvalue weighted by Crippen LogP contribution is -2.32. The molecule has 5 aromatic rings. The second kappa shape index (κ2) is 9.58. The quantitative estimate of drug-likeness (QED) is 0.159. The highest BCUT2D eigenvalue weighted by Gasteiger charge is 2.34. The van der Waals surface area contributed by atoms with Gasteiger partial charge in [-0.1, -0.05) is 91.8 Å². The zero-order chi connectivity index (χ0) is 29.4. The van der Waals surface area contributed by atoms with E-state index in [0.717, 1.165) is 30.8 Å². The molecule has 0 bridgehead atoms. The minimum absolute atomic E-state index is 0.121. The number of nitrogens with zero attached hydrogens (tertiary/aromatic N) is 1. The van der Waals surface area contributed by atoms with E-state index in [9.17, 15) is 0 Å². The van der Waals surface area contributed by atoms with Gasteiger partial charge in [0.25, 0.3) is 0 Å². The molecule has 1 aliphatic heterocycles. The summed E-state index contributed by atoms with van der Waals surface area (Å²) < 4.78 is 9.42. The highest BCUT2D eigenvalue weighted by atomic mass is 16.5. The topological polar surface area (TPSA) is 13.1 Å². The molecule has 0 fully saturated rings. The lowest BCUT2D eigenvalue weighted by atomic mass is 9.80. The van der Waals surface area contributed by atoms with Gasteiger partial charge in [-0.25, -0.2) is 4.57 Å². The van der Waals surface area contributed by atoms with Crippen molar-refractivity contribution in [3.63, 3.8) is 0 Å². The fourth-order valence-corrected chi connectivity index (χ4v) is 7.04. The summed E-state index contributed by atoms with van der Waals surface area (Å²) in [4.78, 5) is 0. The van der Waals surface area contributed by atoms with Gasteiger partial charge < -0.3 is 4.74 Å². The average Bonchev–Trinajstić information content (AvgIpc) is 2.86. The summed E-state index contributed by atoms with van der Waals surface area (Å²) in [5.74, 6) is 2.64. The summed E-state index contributed by atoms with van der Waals surface area (Å²) in [6.45, 7) is 20.9. The molecule has 0 amide bonds. The highest BCUT2D eigenvalue weighted by Crippen LogP contribution is 2.53. The van der Waals surface area contributed by atoms with Crippen molar-refractivity contribution in [2.75, 3.05) is 0 Å². The van der Waals surface area contributed by atoms with Crippen molar-refractivity contribution in [3.8, 4) is 22.8 Å². The Labute approximate surface area is 246 Å². The van der Waals surface area contributed by atoms with Gasteiger partial charge in [0.05, 0.1) is 10.9 Å². The van der Waals surface area contributed by atoms with Crippen LogP contribution in [0.5, 0.6) is 11.5 Å². The van der Waals surface area contributed by atoms with Gasteiger partial charge in [0.15, 0.2) is 6.20 Å². The van der Waals surface area contributed by atoms with Crippen molar-refractivity contribution >= 4 is 32.3 Å². The molecule has 1 aliphatic rings. The highest BCUT2D eigenvalue weighted by molar-refractivity contribution is 6.17. The first-order chi connectivity index (χ1) is 19.2. The zero-order valence-corrected chi connectivity index (χ0v) is 26.8. The number of hydrogen-bond acceptors (Lipinski definition) is 1. The standard InChI is InChI=1S/C39H46NO/c1-23(2)18-25-14-15-28-30(19-25)24(3)33-36-35-29(16-17-40(36)10)34-26(12-11-13-27(34)21-38(4,5)6)20-32(35)41-37(33)31(28)22-39(7,8)9/h11-17,19-20,23H,18,21-22H2,1-10H3/q+1. The fourth-order valence-electron chi connectivity index (χ4n) is 7.04. The molecule has 2 heteroatoms. The molecule has 2 nitrogen and oxygen atoms in total. The fraction of sp³-hybridized carbons (Fsp3) is 0.410. The number of aryl methyl sites for hydroxylation is 2. The minimum Gasteiger partial charge on any atom is -0.455 e. The molecule has 0 spiro atoms. The maximum absolute atomic E-state index is 7.10. The monoisotopic (exact) mass is 544 g/mol. The molecule has 1 aromatic heterocycles. The predicted octanol–water partition coefficient (Wildman–Crippen LogP) is 10.4. The van der Waals surface area contributed by atoms with Gasteiger partial charge in [0.2, 0.25) is 5.69 Å². The summed E-state index contributed by atoms with van der Waals surface area (Å²) in [6.07, 6.45) is 5.33. The number of benzene rings is 4. The third kappa shape index (κ3) is 4.90. The molecule has 0 saturated heterocycles. The van der Waals surface area contributed by atoms with E-state index in [-0.39, 0.29) is 10.8 Å². The Balaban J connectivity index is 1.74. The van der Waals surface area contributed by atoms with Crippen LogP contribution in [0.1, 0.15) is 77.6 Å². The zero-order valence-electron chi connectivity index (χ0n) is 26.8. The normalized spacial score (nSPS) is 13.3. The molecule has 6 rings (SSSR count). The van der Waals surface area contributed by atoms with E-state index in [4.69, 9.17) is 4.74 Å².